The molecule has 70 valence electrons. The van der Waals surface area contributed by atoms with Crippen molar-refractivity contribution in [1.29, 1.82) is 0 Å². The first-order chi connectivity index (χ1) is 5.57. The maximum atomic E-state index is 10.9. The standard InChI is InChI=1S/C9H15BrO2/c1-4-12-9(11)6-5-8(10)7(2)3/h5,7H,4,6H2,1-3H3/b8-5-. The van der Waals surface area contributed by atoms with Gasteiger partial charge in [-0.05, 0) is 17.3 Å². The van der Waals surface area contributed by atoms with Gasteiger partial charge >= 0.3 is 5.97 Å². The Balaban J connectivity index is 3.79. The molecular formula is C9H15BrO2. The van der Waals surface area contributed by atoms with Gasteiger partial charge in [0.25, 0.3) is 0 Å². The van der Waals surface area contributed by atoms with Crippen LogP contribution in [-0.4, -0.2) is 12.6 Å². The second kappa shape index (κ2) is 6.23. The molecule has 0 aromatic carbocycles. The van der Waals surface area contributed by atoms with Gasteiger partial charge in [-0.2, -0.15) is 0 Å². The minimum absolute atomic E-state index is 0.171. The largest absolute Gasteiger partial charge is 0.466 e. The van der Waals surface area contributed by atoms with Crippen molar-refractivity contribution in [1.82, 2.24) is 0 Å². The van der Waals surface area contributed by atoms with Gasteiger partial charge in [0, 0.05) is 0 Å². The quantitative estimate of drug-likeness (QED) is 0.700. The van der Waals surface area contributed by atoms with E-state index in [1.54, 1.807) is 6.92 Å². The Morgan fingerprint density at radius 1 is 1.58 bits per heavy atom. The fourth-order valence-electron chi connectivity index (χ4n) is 0.636. The summed E-state index contributed by atoms with van der Waals surface area (Å²) in [7, 11) is 0. The van der Waals surface area contributed by atoms with Crippen molar-refractivity contribution in [2.45, 2.75) is 27.2 Å². The van der Waals surface area contributed by atoms with E-state index in [1.807, 2.05) is 6.08 Å². The zero-order valence-corrected chi connectivity index (χ0v) is 9.35. The molecule has 0 rings (SSSR count). The number of halogens is 1. The highest BCUT2D eigenvalue weighted by atomic mass is 79.9. The van der Waals surface area contributed by atoms with Crippen molar-refractivity contribution in [2.24, 2.45) is 5.92 Å². The summed E-state index contributed by atoms with van der Waals surface area (Å²) < 4.78 is 5.82. The summed E-state index contributed by atoms with van der Waals surface area (Å²) in [5.74, 6) is 0.259. The lowest BCUT2D eigenvalue weighted by Gasteiger charge is -2.02. The molecule has 0 saturated carbocycles. The number of hydrogen-bond acceptors (Lipinski definition) is 2. The molecule has 0 N–H and O–H groups in total. The van der Waals surface area contributed by atoms with E-state index in [4.69, 9.17) is 4.74 Å². The Kier molecular flexibility index (Phi) is 6.07. The van der Waals surface area contributed by atoms with E-state index in [1.165, 1.54) is 0 Å². The van der Waals surface area contributed by atoms with E-state index in [9.17, 15) is 4.79 Å². The first-order valence-electron chi connectivity index (χ1n) is 4.09. The molecule has 2 nitrogen and oxygen atoms in total. The van der Waals surface area contributed by atoms with Crippen molar-refractivity contribution in [3.63, 3.8) is 0 Å². The van der Waals surface area contributed by atoms with E-state index < -0.39 is 0 Å². The van der Waals surface area contributed by atoms with Crippen LogP contribution in [0.5, 0.6) is 0 Å². The zero-order valence-electron chi connectivity index (χ0n) is 7.76. The number of carbonyl (C=O) groups is 1. The summed E-state index contributed by atoms with van der Waals surface area (Å²) >= 11 is 3.38. The molecule has 0 amide bonds. The van der Waals surface area contributed by atoms with Gasteiger partial charge < -0.3 is 4.74 Å². The summed E-state index contributed by atoms with van der Waals surface area (Å²) in [6.07, 6.45) is 2.20. The molecule has 0 spiro atoms. The van der Waals surface area contributed by atoms with E-state index in [2.05, 4.69) is 29.8 Å². The lowest BCUT2D eigenvalue weighted by molar-refractivity contribution is -0.142. The number of esters is 1. The molecule has 0 saturated heterocycles. The van der Waals surface area contributed by atoms with Crippen LogP contribution >= 0.6 is 15.9 Å². The molecule has 0 aliphatic heterocycles. The zero-order chi connectivity index (χ0) is 9.56. The topological polar surface area (TPSA) is 26.3 Å². The maximum Gasteiger partial charge on any atom is 0.309 e. The van der Waals surface area contributed by atoms with Gasteiger partial charge in [-0.15, -0.1) is 0 Å². The fraction of sp³-hybridized carbons (Fsp3) is 0.667. The molecule has 0 aliphatic carbocycles. The summed E-state index contributed by atoms with van der Waals surface area (Å²) in [6, 6.07) is 0. The number of rotatable bonds is 4. The maximum absolute atomic E-state index is 10.9. The average molecular weight is 235 g/mol. The van der Waals surface area contributed by atoms with E-state index in [0.29, 0.717) is 18.9 Å². The van der Waals surface area contributed by atoms with Crippen LogP contribution in [0.4, 0.5) is 0 Å². The predicted molar refractivity (Wildman–Crippen MR) is 53.1 cm³/mol. The Labute approximate surface area is 82.1 Å². The second-order valence-electron chi connectivity index (χ2n) is 2.75. The van der Waals surface area contributed by atoms with Crippen LogP contribution in [0.3, 0.4) is 0 Å². The highest BCUT2D eigenvalue weighted by Crippen LogP contribution is 2.16. The van der Waals surface area contributed by atoms with Gasteiger partial charge in [0.15, 0.2) is 0 Å². The summed E-state index contributed by atoms with van der Waals surface area (Å²) in [6.45, 7) is 6.38. The lowest BCUT2D eigenvalue weighted by Crippen LogP contribution is -2.02. The van der Waals surface area contributed by atoms with Crippen LogP contribution in [0.1, 0.15) is 27.2 Å². The minimum Gasteiger partial charge on any atom is -0.466 e. The van der Waals surface area contributed by atoms with Gasteiger partial charge in [0.2, 0.25) is 0 Å². The van der Waals surface area contributed by atoms with Crippen molar-refractivity contribution in [2.75, 3.05) is 6.61 Å². The molecule has 0 radical (unpaired) electrons. The van der Waals surface area contributed by atoms with Gasteiger partial charge in [0.1, 0.15) is 0 Å². The third-order valence-electron chi connectivity index (χ3n) is 1.32. The number of ether oxygens (including phenoxy) is 1. The van der Waals surface area contributed by atoms with Crippen LogP contribution in [0, 0.1) is 5.92 Å². The molecule has 12 heavy (non-hydrogen) atoms. The number of hydrogen-bond donors (Lipinski definition) is 0. The van der Waals surface area contributed by atoms with Crippen molar-refractivity contribution in [3.8, 4) is 0 Å². The van der Waals surface area contributed by atoms with Crippen molar-refractivity contribution in [3.05, 3.63) is 10.6 Å². The van der Waals surface area contributed by atoms with E-state index in [-0.39, 0.29) is 5.97 Å². The van der Waals surface area contributed by atoms with Crippen LogP contribution in [-0.2, 0) is 9.53 Å². The highest BCUT2D eigenvalue weighted by Gasteiger charge is 2.01. The molecule has 0 atom stereocenters. The van der Waals surface area contributed by atoms with E-state index >= 15 is 0 Å². The molecule has 0 aromatic rings. The number of carbonyl (C=O) groups excluding carboxylic acids is 1. The summed E-state index contributed by atoms with van der Waals surface area (Å²) in [5, 5.41) is 0. The van der Waals surface area contributed by atoms with Crippen molar-refractivity contribution >= 4 is 21.9 Å². The van der Waals surface area contributed by atoms with Gasteiger partial charge in [-0.25, -0.2) is 0 Å². The van der Waals surface area contributed by atoms with E-state index in [0.717, 1.165) is 4.48 Å². The monoisotopic (exact) mass is 234 g/mol. The normalized spacial score (nSPS) is 11.9. The van der Waals surface area contributed by atoms with Gasteiger partial charge in [-0.3, -0.25) is 4.79 Å². The Hall–Kier alpha value is -0.310. The summed E-state index contributed by atoms with van der Waals surface area (Å²) in [5.41, 5.74) is 0. The predicted octanol–water partition coefficient (Wildman–Crippen LogP) is 2.87. The minimum atomic E-state index is -0.171. The van der Waals surface area contributed by atoms with Crippen LogP contribution in [0.15, 0.2) is 10.6 Å². The van der Waals surface area contributed by atoms with Crippen LogP contribution in [0.2, 0.25) is 0 Å². The van der Waals surface area contributed by atoms with Gasteiger partial charge in [-0.1, -0.05) is 35.9 Å². The first kappa shape index (κ1) is 11.7. The second-order valence-corrected chi connectivity index (χ2v) is 3.67. The average Bonchev–Trinajstić information content (AvgIpc) is 2.00. The number of allylic oxidation sites excluding steroid dienone is 1. The summed E-state index contributed by atoms with van der Waals surface area (Å²) in [4.78, 5) is 10.9. The van der Waals surface area contributed by atoms with Crippen LogP contribution in [0.25, 0.3) is 0 Å². The fourth-order valence-corrected chi connectivity index (χ4v) is 0.798. The Morgan fingerprint density at radius 2 is 2.17 bits per heavy atom. The SMILES string of the molecule is CCOC(=O)C/C=C(\Br)C(C)C. The van der Waals surface area contributed by atoms with Gasteiger partial charge in [0.05, 0.1) is 13.0 Å². The molecule has 0 unspecified atom stereocenters. The highest BCUT2D eigenvalue weighted by molar-refractivity contribution is 9.11. The molecule has 0 fully saturated rings. The first-order valence-corrected chi connectivity index (χ1v) is 4.88. The smallest absolute Gasteiger partial charge is 0.309 e. The van der Waals surface area contributed by atoms with Crippen LogP contribution < -0.4 is 0 Å². The van der Waals surface area contributed by atoms with Crippen molar-refractivity contribution < 1.29 is 9.53 Å². The lowest BCUT2D eigenvalue weighted by atomic mass is 10.2. The Morgan fingerprint density at radius 3 is 2.58 bits per heavy atom. The third kappa shape index (κ3) is 5.35. The Bertz CT molecular complexity index is 173. The molecule has 0 heterocycles. The molecule has 0 aliphatic rings. The third-order valence-corrected chi connectivity index (χ3v) is 2.56. The molecule has 0 bridgehead atoms. The molecule has 0 aromatic heterocycles. The molecular weight excluding hydrogens is 220 g/mol. The molecule has 3 heteroatoms.